The summed E-state index contributed by atoms with van der Waals surface area (Å²) in [6.45, 7) is 3.24. The van der Waals surface area contributed by atoms with E-state index in [1.807, 2.05) is 11.8 Å². The third-order valence-electron chi connectivity index (χ3n) is 3.39. The smallest absolute Gasteiger partial charge is 0.332 e. The Bertz CT molecular complexity index is 802. The van der Waals surface area contributed by atoms with Gasteiger partial charge < -0.3 is 15.6 Å². The second-order valence-electron chi connectivity index (χ2n) is 4.76. The van der Waals surface area contributed by atoms with E-state index in [1.54, 1.807) is 7.05 Å². The van der Waals surface area contributed by atoms with Gasteiger partial charge in [-0.3, -0.25) is 13.9 Å². The average molecular weight is 310 g/mol. The second kappa shape index (κ2) is 5.68. The Hall–Kier alpha value is -2.16. The number of rotatable bonds is 5. The number of aryl methyl sites for hydroxylation is 1. The molecule has 2 aromatic rings. The zero-order valence-electron chi connectivity index (χ0n) is 12.2. The van der Waals surface area contributed by atoms with Crippen LogP contribution < -0.4 is 21.9 Å². The quantitative estimate of drug-likeness (QED) is 0.719. The van der Waals surface area contributed by atoms with Gasteiger partial charge in [0.05, 0.1) is 4.99 Å². The van der Waals surface area contributed by atoms with E-state index in [0.29, 0.717) is 41.6 Å². The number of nitrogens with one attached hydrogen (secondary N) is 1. The maximum atomic E-state index is 12.1. The SMILES string of the molecule is CCN(CCC(N)=S)c1nc2c([nH]1)c(=O)n(C)c(=O)n2C. The average Bonchev–Trinajstić information content (AvgIpc) is 2.88. The molecule has 0 aliphatic carbocycles. The fourth-order valence-corrected chi connectivity index (χ4v) is 2.21. The molecular weight excluding hydrogens is 292 g/mol. The monoisotopic (exact) mass is 310 g/mol. The van der Waals surface area contributed by atoms with Crippen LogP contribution in [0.4, 0.5) is 5.95 Å². The molecule has 0 amide bonds. The Morgan fingerprint density at radius 3 is 2.62 bits per heavy atom. The molecule has 0 aliphatic rings. The van der Waals surface area contributed by atoms with E-state index in [1.165, 1.54) is 11.6 Å². The summed E-state index contributed by atoms with van der Waals surface area (Å²) < 4.78 is 2.40. The standard InChI is InChI=1S/C12H18N6O2S/c1-4-18(6-5-7(13)21)11-14-8-9(15-11)16(2)12(20)17(3)10(8)19/h4-6H2,1-3H3,(H2,13,21)(H,14,15). The highest BCUT2D eigenvalue weighted by Crippen LogP contribution is 2.13. The zero-order chi connectivity index (χ0) is 15.7. The van der Waals surface area contributed by atoms with Gasteiger partial charge in [-0.05, 0) is 6.92 Å². The molecule has 0 aromatic carbocycles. The van der Waals surface area contributed by atoms with Crippen molar-refractivity contribution in [3.63, 3.8) is 0 Å². The van der Waals surface area contributed by atoms with Gasteiger partial charge in [-0.1, -0.05) is 12.2 Å². The summed E-state index contributed by atoms with van der Waals surface area (Å²) in [5, 5.41) is 0. The number of hydrogen-bond acceptors (Lipinski definition) is 5. The van der Waals surface area contributed by atoms with E-state index in [0.717, 1.165) is 4.57 Å². The van der Waals surface area contributed by atoms with Gasteiger partial charge in [-0.2, -0.15) is 4.98 Å². The van der Waals surface area contributed by atoms with Gasteiger partial charge in [-0.25, -0.2) is 4.79 Å². The van der Waals surface area contributed by atoms with Crippen LogP contribution in [0, 0.1) is 0 Å². The number of imidazole rings is 1. The fraction of sp³-hybridized carbons (Fsp3) is 0.500. The molecule has 21 heavy (non-hydrogen) atoms. The molecule has 0 saturated carbocycles. The van der Waals surface area contributed by atoms with Crippen molar-refractivity contribution in [2.75, 3.05) is 18.0 Å². The summed E-state index contributed by atoms with van der Waals surface area (Å²) in [6.07, 6.45) is 0.553. The van der Waals surface area contributed by atoms with Crippen LogP contribution in [0.15, 0.2) is 9.59 Å². The largest absolute Gasteiger partial charge is 0.393 e. The van der Waals surface area contributed by atoms with Crippen LogP contribution >= 0.6 is 12.2 Å². The van der Waals surface area contributed by atoms with Gasteiger partial charge in [-0.15, -0.1) is 0 Å². The number of thiocarbonyl (C=S) groups is 1. The highest BCUT2D eigenvalue weighted by Gasteiger charge is 2.16. The van der Waals surface area contributed by atoms with Crippen molar-refractivity contribution in [3.8, 4) is 0 Å². The van der Waals surface area contributed by atoms with Crippen molar-refractivity contribution in [1.29, 1.82) is 0 Å². The Kier molecular flexibility index (Phi) is 4.12. The van der Waals surface area contributed by atoms with Crippen LogP contribution in [0.2, 0.25) is 0 Å². The minimum absolute atomic E-state index is 0.309. The minimum Gasteiger partial charge on any atom is -0.393 e. The van der Waals surface area contributed by atoms with E-state index in [4.69, 9.17) is 18.0 Å². The van der Waals surface area contributed by atoms with Crippen molar-refractivity contribution >= 4 is 34.3 Å². The van der Waals surface area contributed by atoms with E-state index in [2.05, 4.69) is 9.97 Å². The molecule has 0 aliphatic heterocycles. The first-order valence-corrected chi connectivity index (χ1v) is 6.96. The van der Waals surface area contributed by atoms with Crippen LogP contribution in [0.25, 0.3) is 11.2 Å². The van der Waals surface area contributed by atoms with Crippen molar-refractivity contribution < 1.29 is 0 Å². The lowest BCUT2D eigenvalue weighted by molar-refractivity contribution is 0.708. The summed E-state index contributed by atoms with van der Waals surface area (Å²) in [5.74, 6) is 0.530. The first kappa shape index (κ1) is 15.2. The van der Waals surface area contributed by atoms with E-state index >= 15 is 0 Å². The van der Waals surface area contributed by atoms with Crippen molar-refractivity contribution in [2.45, 2.75) is 13.3 Å². The maximum absolute atomic E-state index is 12.1. The Morgan fingerprint density at radius 1 is 1.38 bits per heavy atom. The number of nitrogens with zero attached hydrogens (tertiary/aromatic N) is 4. The lowest BCUT2D eigenvalue weighted by atomic mass is 10.4. The van der Waals surface area contributed by atoms with Gasteiger partial charge in [0.1, 0.15) is 0 Å². The molecule has 0 saturated heterocycles. The number of aromatic amines is 1. The Labute approximate surface area is 126 Å². The van der Waals surface area contributed by atoms with Crippen molar-refractivity contribution in [2.24, 2.45) is 19.8 Å². The third-order valence-corrected chi connectivity index (χ3v) is 3.60. The summed E-state index contributed by atoms with van der Waals surface area (Å²) in [4.78, 5) is 33.7. The van der Waals surface area contributed by atoms with Crippen LogP contribution in [0.5, 0.6) is 0 Å². The molecule has 8 nitrogen and oxygen atoms in total. The third kappa shape index (κ3) is 2.68. The molecule has 0 unspecified atom stereocenters. The van der Waals surface area contributed by atoms with Crippen LogP contribution in [-0.2, 0) is 14.1 Å². The molecule has 2 heterocycles. The van der Waals surface area contributed by atoms with Crippen molar-refractivity contribution in [3.05, 3.63) is 20.8 Å². The minimum atomic E-state index is -0.406. The number of nitrogens with two attached hydrogens (primary N) is 1. The molecule has 0 atom stereocenters. The molecule has 9 heteroatoms. The lowest BCUT2D eigenvalue weighted by Gasteiger charge is -2.19. The lowest BCUT2D eigenvalue weighted by Crippen LogP contribution is -2.36. The van der Waals surface area contributed by atoms with Gasteiger partial charge in [0.2, 0.25) is 5.95 Å². The number of hydrogen-bond donors (Lipinski definition) is 2. The number of anilines is 1. The maximum Gasteiger partial charge on any atom is 0.332 e. The summed E-state index contributed by atoms with van der Waals surface area (Å²) in [5.41, 5.74) is 5.36. The molecule has 114 valence electrons. The predicted molar refractivity (Wildman–Crippen MR) is 85.9 cm³/mol. The molecular formula is C12H18N6O2S. The summed E-state index contributed by atoms with van der Waals surface area (Å²) >= 11 is 4.87. The van der Waals surface area contributed by atoms with Crippen LogP contribution in [-0.4, -0.2) is 37.2 Å². The summed E-state index contributed by atoms with van der Waals surface area (Å²) in [7, 11) is 3.02. The molecule has 2 rings (SSSR count). The summed E-state index contributed by atoms with van der Waals surface area (Å²) in [6, 6.07) is 0. The van der Waals surface area contributed by atoms with E-state index in [9.17, 15) is 9.59 Å². The van der Waals surface area contributed by atoms with Gasteiger partial charge in [0.15, 0.2) is 11.2 Å². The first-order chi connectivity index (χ1) is 9.86. The van der Waals surface area contributed by atoms with E-state index < -0.39 is 11.2 Å². The molecule has 3 N–H and O–H groups in total. The van der Waals surface area contributed by atoms with Gasteiger partial charge >= 0.3 is 5.69 Å². The molecule has 0 fully saturated rings. The normalized spacial score (nSPS) is 11.0. The zero-order valence-corrected chi connectivity index (χ0v) is 13.0. The number of fused-ring (bicyclic) bond motifs is 1. The number of H-pyrrole nitrogens is 1. The molecule has 0 spiro atoms. The molecule has 0 bridgehead atoms. The Morgan fingerprint density at radius 2 is 2.05 bits per heavy atom. The highest BCUT2D eigenvalue weighted by atomic mass is 32.1. The highest BCUT2D eigenvalue weighted by molar-refractivity contribution is 7.80. The predicted octanol–water partition coefficient (Wildman–Crippen LogP) is -0.537. The van der Waals surface area contributed by atoms with Crippen molar-refractivity contribution in [1.82, 2.24) is 19.1 Å². The van der Waals surface area contributed by atoms with Crippen LogP contribution in [0.1, 0.15) is 13.3 Å². The molecule has 2 aromatic heterocycles. The van der Waals surface area contributed by atoms with Gasteiger partial charge in [0, 0.05) is 33.6 Å². The van der Waals surface area contributed by atoms with Crippen LogP contribution in [0.3, 0.4) is 0 Å². The van der Waals surface area contributed by atoms with Gasteiger partial charge in [0.25, 0.3) is 5.56 Å². The Balaban J connectivity index is 2.54. The second-order valence-corrected chi connectivity index (χ2v) is 5.29. The fourth-order valence-electron chi connectivity index (χ4n) is 2.12. The first-order valence-electron chi connectivity index (χ1n) is 6.55. The molecule has 0 radical (unpaired) electrons. The number of aromatic nitrogens is 4. The topological polar surface area (TPSA) is 102 Å². The van der Waals surface area contributed by atoms with E-state index in [-0.39, 0.29) is 0 Å².